The molecular weight excluding hydrogens is 441 g/mol. The van der Waals surface area contributed by atoms with Gasteiger partial charge in [-0.2, -0.15) is 4.98 Å². The molecule has 0 radical (unpaired) electrons. The highest BCUT2D eigenvalue weighted by molar-refractivity contribution is 6.31. The Morgan fingerprint density at radius 1 is 1.09 bits per heavy atom. The van der Waals surface area contributed by atoms with Crippen molar-refractivity contribution in [2.75, 3.05) is 0 Å². The summed E-state index contributed by atoms with van der Waals surface area (Å²) in [7, 11) is 0. The van der Waals surface area contributed by atoms with Gasteiger partial charge < -0.3 is 5.32 Å². The van der Waals surface area contributed by atoms with E-state index in [1.54, 1.807) is 36.4 Å². The third-order valence-electron chi connectivity index (χ3n) is 5.49. The SMILES string of the molecule is C[C@@H](CCc1ccccc1)NC(=O)Cn1c(=O)nc(-c2ccccc2F)c2cc(Cl)ccc21. The van der Waals surface area contributed by atoms with Gasteiger partial charge in [-0.3, -0.25) is 9.36 Å². The smallest absolute Gasteiger partial charge is 0.349 e. The van der Waals surface area contributed by atoms with Crippen molar-refractivity contribution in [2.24, 2.45) is 0 Å². The van der Waals surface area contributed by atoms with E-state index in [1.165, 1.54) is 16.2 Å². The van der Waals surface area contributed by atoms with Crippen LogP contribution in [0, 0.1) is 5.82 Å². The lowest BCUT2D eigenvalue weighted by Gasteiger charge is -2.16. The lowest BCUT2D eigenvalue weighted by Crippen LogP contribution is -2.38. The van der Waals surface area contributed by atoms with E-state index in [1.807, 2.05) is 37.3 Å². The molecule has 5 nitrogen and oxygen atoms in total. The van der Waals surface area contributed by atoms with Gasteiger partial charge in [0.25, 0.3) is 0 Å². The number of nitrogens with zero attached hydrogens (tertiary/aromatic N) is 2. The molecule has 168 valence electrons. The average molecular weight is 464 g/mol. The summed E-state index contributed by atoms with van der Waals surface area (Å²) in [6.07, 6.45) is 1.61. The maximum atomic E-state index is 14.4. The quantitative estimate of drug-likeness (QED) is 0.420. The number of halogens is 2. The number of aromatic nitrogens is 2. The topological polar surface area (TPSA) is 64.0 Å². The molecule has 1 heterocycles. The van der Waals surface area contributed by atoms with Crippen molar-refractivity contribution in [1.82, 2.24) is 14.9 Å². The van der Waals surface area contributed by atoms with Crippen LogP contribution in [0.3, 0.4) is 0 Å². The Morgan fingerprint density at radius 2 is 1.82 bits per heavy atom. The van der Waals surface area contributed by atoms with Crippen LogP contribution in [0.1, 0.15) is 18.9 Å². The first-order chi connectivity index (χ1) is 15.9. The lowest BCUT2D eigenvalue weighted by atomic mass is 10.1. The molecule has 0 aliphatic carbocycles. The summed E-state index contributed by atoms with van der Waals surface area (Å²) in [6.45, 7) is 1.73. The largest absolute Gasteiger partial charge is 0.352 e. The Labute approximate surface area is 195 Å². The zero-order chi connectivity index (χ0) is 23.4. The molecule has 4 aromatic rings. The predicted octanol–water partition coefficient (Wildman–Crippen LogP) is 4.99. The van der Waals surface area contributed by atoms with E-state index in [4.69, 9.17) is 11.6 Å². The highest BCUT2D eigenvalue weighted by atomic mass is 35.5. The Morgan fingerprint density at radius 3 is 2.58 bits per heavy atom. The number of rotatable bonds is 7. The van der Waals surface area contributed by atoms with E-state index in [0.717, 1.165) is 12.8 Å². The van der Waals surface area contributed by atoms with Crippen LogP contribution in [0.25, 0.3) is 22.2 Å². The van der Waals surface area contributed by atoms with E-state index >= 15 is 0 Å². The Balaban J connectivity index is 1.59. The molecule has 0 bridgehead atoms. The summed E-state index contributed by atoms with van der Waals surface area (Å²) in [5.74, 6) is -0.789. The maximum absolute atomic E-state index is 14.4. The minimum Gasteiger partial charge on any atom is -0.352 e. The third-order valence-corrected chi connectivity index (χ3v) is 5.72. The van der Waals surface area contributed by atoms with Crippen LogP contribution in [-0.4, -0.2) is 21.5 Å². The highest BCUT2D eigenvalue weighted by Gasteiger charge is 2.17. The standard InChI is InChI=1S/C26H23ClFN3O2/c1-17(11-12-18-7-3-2-4-8-18)29-24(32)16-31-23-14-13-19(27)15-21(23)25(30-26(31)33)20-9-5-6-10-22(20)28/h2-10,13-15,17H,11-12,16H2,1H3,(H,29,32)/t17-/m0/s1. The molecule has 3 aromatic carbocycles. The van der Waals surface area contributed by atoms with Crippen LogP contribution < -0.4 is 11.0 Å². The monoisotopic (exact) mass is 463 g/mol. The molecular formula is C26H23ClFN3O2. The fourth-order valence-electron chi connectivity index (χ4n) is 3.83. The van der Waals surface area contributed by atoms with E-state index in [0.29, 0.717) is 15.9 Å². The van der Waals surface area contributed by atoms with Crippen LogP contribution in [0.5, 0.6) is 0 Å². The second-order valence-electron chi connectivity index (χ2n) is 7.96. The van der Waals surface area contributed by atoms with Gasteiger partial charge in [0.15, 0.2) is 0 Å². The van der Waals surface area contributed by atoms with Gasteiger partial charge in [0.1, 0.15) is 12.4 Å². The molecule has 33 heavy (non-hydrogen) atoms. The van der Waals surface area contributed by atoms with Gasteiger partial charge in [0.05, 0.1) is 11.2 Å². The van der Waals surface area contributed by atoms with Gasteiger partial charge in [-0.25, -0.2) is 9.18 Å². The van der Waals surface area contributed by atoms with E-state index < -0.39 is 11.5 Å². The summed E-state index contributed by atoms with van der Waals surface area (Å²) in [5.41, 5.74) is 1.43. The van der Waals surface area contributed by atoms with Crippen LogP contribution in [-0.2, 0) is 17.8 Å². The molecule has 7 heteroatoms. The normalized spacial score (nSPS) is 12.0. The van der Waals surface area contributed by atoms with E-state index in [2.05, 4.69) is 10.3 Å². The zero-order valence-corrected chi connectivity index (χ0v) is 18.8. The lowest BCUT2D eigenvalue weighted by molar-refractivity contribution is -0.122. The van der Waals surface area contributed by atoms with Crippen molar-refractivity contribution in [2.45, 2.75) is 32.4 Å². The molecule has 1 atom stereocenters. The number of hydrogen-bond acceptors (Lipinski definition) is 3. The number of carbonyl (C=O) groups excluding carboxylic acids is 1. The van der Waals surface area contributed by atoms with Crippen LogP contribution in [0.15, 0.2) is 77.6 Å². The Bertz CT molecular complexity index is 1360. The van der Waals surface area contributed by atoms with Crippen molar-refractivity contribution in [3.05, 3.63) is 99.7 Å². The van der Waals surface area contributed by atoms with Crippen LogP contribution in [0.2, 0.25) is 5.02 Å². The van der Waals surface area contributed by atoms with Crippen molar-refractivity contribution < 1.29 is 9.18 Å². The Kier molecular flexibility index (Phi) is 6.84. The molecule has 0 saturated carbocycles. The summed E-state index contributed by atoms with van der Waals surface area (Å²) >= 11 is 6.18. The number of amides is 1. The van der Waals surface area contributed by atoms with Gasteiger partial charge in [-0.05, 0) is 55.7 Å². The molecule has 1 amide bonds. The molecule has 0 fully saturated rings. The minimum absolute atomic E-state index is 0.0697. The minimum atomic E-state index is -0.629. The molecule has 4 rings (SSSR count). The average Bonchev–Trinajstić information content (AvgIpc) is 2.80. The number of aryl methyl sites for hydroxylation is 1. The molecule has 0 aliphatic rings. The number of fused-ring (bicyclic) bond motifs is 1. The van der Waals surface area contributed by atoms with Gasteiger partial charge in [0.2, 0.25) is 5.91 Å². The third kappa shape index (κ3) is 5.29. The second kappa shape index (κ2) is 9.96. The van der Waals surface area contributed by atoms with Gasteiger partial charge >= 0.3 is 5.69 Å². The zero-order valence-electron chi connectivity index (χ0n) is 18.1. The van der Waals surface area contributed by atoms with Crippen molar-refractivity contribution >= 4 is 28.4 Å². The molecule has 0 spiro atoms. The number of benzene rings is 3. The molecule has 0 saturated heterocycles. The fourth-order valence-corrected chi connectivity index (χ4v) is 4.00. The first kappa shape index (κ1) is 22.7. The molecule has 0 aliphatic heterocycles. The van der Waals surface area contributed by atoms with Crippen LogP contribution in [0.4, 0.5) is 4.39 Å². The van der Waals surface area contributed by atoms with Crippen molar-refractivity contribution in [3.8, 4) is 11.3 Å². The maximum Gasteiger partial charge on any atom is 0.349 e. The van der Waals surface area contributed by atoms with Crippen molar-refractivity contribution in [1.29, 1.82) is 0 Å². The van der Waals surface area contributed by atoms with E-state index in [9.17, 15) is 14.0 Å². The number of hydrogen-bond donors (Lipinski definition) is 1. The van der Waals surface area contributed by atoms with Gasteiger partial charge in [0, 0.05) is 22.0 Å². The molecule has 1 aromatic heterocycles. The summed E-state index contributed by atoms with van der Waals surface area (Å²) in [4.78, 5) is 29.7. The number of carbonyl (C=O) groups is 1. The fraction of sp³-hybridized carbons (Fsp3) is 0.192. The Hall–Kier alpha value is -3.51. The second-order valence-corrected chi connectivity index (χ2v) is 8.40. The van der Waals surface area contributed by atoms with Crippen molar-refractivity contribution in [3.63, 3.8) is 0 Å². The van der Waals surface area contributed by atoms with E-state index in [-0.39, 0.29) is 29.8 Å². The summed E-state index contributed by atoms with van der Waals surface area (Å²) in [6, 6.07) is 21.0. The summed E-state index contributed by atoms with van der Waals surface area (Å²) < 4.78 is 15.7. The summed E-state index contributed by atoms with van der Waals surface area (Å²) in [5, 5.41) is 3.86. The van der Waals surface area contributed by atoms with Crippen LogP contribution >= 0.6 is 11.6 Å². The first-order valence-electron chi connectivity index (χ1n) is 10.7. The first-order valence-corrected chi connectivity index (χ1v) is 11.1. The molecule has 0 unspecified atom stereocenters. The molecule has 1 N–H and O–H groups in total. The van der Waals surface area contributed by atoms with Gasteiger partial charge in [-0.15, -0.1) is 0 Å². The highest BCUT2D eigenvalue weighted by Crippen LogP contribution is 2.29. The number of nitrogens with one attached hydrogen (secondary N) is 1. The van der Waals surface area contributed by atoms with Gasteiger partial charge in [-0.1, -0.05) is 54.1 Å². The predicted molar refractivity (Wildman–Crippen MR) is 129 cm³/mol.